The lowest BCUT2D eigenvalue weighted by Gasteiger charge is -2.15. The van der Waals surface area contributed by atoms with Gasteiger partial charge < -0.3 is 14.2 Å². The van der Waals surface area contributed by atoms with E-state index in [0.717, 1.165) is 28.6 Å². The summed E-state index contributed by atoms with van der Waals surface area (Å²) < 4.78 is 17.3. The van der Waals surface area contributed by atoms with Crippen LogP contribution < -0.4 is 19.5 Å². The van der Waals surface area contributed by atoms with Crippen molar-refractivity contribution < 1.29 is 23.8 Å². The molecule has 0 aliphatic carbocycles. The fraction of sp³-hybridized carbons (Fsp3) is 0.273. The standard InChI is InChI=1S/C22H22ClNO5S/c1-4-27-18-11-15(12-19-21(25)24-22(26)30-19)10-17(23)20(18)29-6-5-28-16-8-13(2)7-14(3)9-16/h7-12H,4-6H2,1-3H3,(H,24,25,26)/b19-12-. The van der Waals surface area contributed by atoms with Crippen LogP contribution in [0.4, 0.5) is 4.79 Å². The van der Waals surface area contributed by atoms with Gasteiger partial charge in [0, 0.05) is 0 Å². The molecule has 0 bridgehead atoms. The van der Waals surface area contributed by atoms with E-state index in [2.05, 4.69) is 11.4 Å². The summed E-state index contributed by atoms with van der Waals surface area (Å²) in [6, 6.07) is 9.40. The summed E-state index contributed by atoms with van der Waals surface area (Å²) in [5, 5.41) is 2.17. The molecule has 1 aliphatic heterocycles. The van der Waals surface area contributed by atoms with Crippen LogP contribution in [0.15, 0.2) is 35.2 Å². The van der Waals surface area contributed by atoms with E-state index in [4.69, 9.17) is 25.8 Å². The number of benzene rings is 2. The third kappa shape index (κ3) is 5.70. The molecule has 2 aromatic rings. The van der Waals surface area contributed by atoms with Gasteiger partial charge >= 0.3 is 0 Å². The van der Waals surface area contributed by atoms with Crippen LogP contribution in [-0.2, 0) is 4.79 Å². The molecule has 158 valence electrons. The van der Waals surface area contributed by atoms with Crippen molar-refractivity contribution in [1.82, 2.24) is 5.32 Å². The first-order valence-corrected chi connectivity index (χ1v) is 10.6. The number of nitrogens with one attached hydrogen (secondary N) is 1. The number of carbonyl (C=O) groups excluding carboxylic acids is 2. The highest BCUT2D eigenvalue weighted by Crippen LogP contribution is 2.38. The molecule has 0 saturated carbocycles. The van der Waals surface area contributed by atoms with Gasteiger partial charge in [-0.15, -0.1) is 0 Å². The molecule has 0 atom stereocenters. The van der Waals surface area contributed by atoms with E-state index in [1.165, 1.54) is 0 Å². The highest BCUT2D eigenvalue weighted by atomic mass is 35.5. The second-order valence-electron chi connectivity index (χ2n) is 6.64. The number of thioether (sulfide) groups is 1. The summed E-state index contributed by atoms with van der Waals surface area (Å²) in [5.74, 6) is 1.22. The molecule has 8 heteroatoms. The smallest absolute Gasteiger partial charge is 0.290 e. The molecule has 0 spiro atoms. The minimum atomic E-state index is -0.428. The Balaban J connectivity index is 1.70. The van der Waals surface area contributed by atoms with E-state index in [1.807, 2.05) is 32.9 Å². The van der Waals surface area contributed by atoms with Gasteiger partial charge in [0.25, 0.3) is 11.1 Å². The van der Waals surface area contributed by atoms with Crippen LogP contribution >= 0.6 is 23.4 Å². The molecule has 1 N–H and O–H groups in total. The molecule has 2 aromatic carbocycles. The summed E-state index contributed by atoms with van der Waals surface area (Å²) >= 11 is 7.25. The van der Waals surface area contributed by atoms with Gasteiger partial charge in [0.1, 0.15) is 19.0 Å². The van der Waals surface area contributed by atoms with Crippen molar-refractivity contribution in [2.45, 2.75) is 20.8 Å². The second-order valence-corrected chi connectivity index (χ2v) is 8.06. The van der Waals surface area contributed by atoms with Crippen LogP contribution in [0.2, 0.25) is 5.02 Å². The molecular formula is C22H22ClNO5S. The molecule has 0 unspecified atom stereocenters. The Labute approximate surface area is 184 Å². The monoisotopic (exact) mass is 447 g/mol. The number of hydrogen-bond donors (Lipinski definition) is 1. The van der Waals surface area contributed by atoms with E-state index in [1.54, 1.807) is 18.2 Å². The van der Waals surface area contributed by atoms with Crippen molar-refractivity contribution in [2.24, 2.45) is 0 Å². The van der Waals surface area contributed by atoms with Gasteiger partial charge in [-0.1, -0.05) is 17.7 Å². The van der Waals surface area contributed by atoms with Crippen LogP contribution in [0, 0.1) is 13.8 Å². The van der Waals surface area contributed by atoms with Crippen LogP contribution in [0.25, 0.3) is 6.08 Å². The molecule has 6 nitrogen and oxygen atoms in total. The van der Waals surface area contributed by atoms with Crippen molar-refractivity contribution in [3.05, 3.63) is 56.9 Å². The first-order valence-electron chi connectivity index (χ1n) is 9.41. The lowest BCUT2D eigenvalue weighted by atomic mass is 10.1. The number of rotatable bonds is 8. The first-order chi connectivity index (χ1) is 14.4. The van der Waals surface area contributed by atoms with E-state index in [-0.39, 0.29) is 6.61 Å². The second kappa shape index (κ2) is 9.91. The summed E-state index contributed by atoms with van der Waals surface area (Å²) in [4.78, 5) is 23.4. The molecule has 30 heavy (non-hydrogen) atoms. The fourth-order valence-electron chi connectivity index (χ4n) is 2.97. The van der Waals surface area contributed by atoms with Gasteiger partial charge in [-0.05, 0) is 79.6 Å². The summed E-state index contributed by atoms with van der Waals surface area (Å²) in [5.41, 5.74) is 2.90. The van der Waals surface area contributed by atoms with Gasteiger partial charge in [-0.25, -0.2) is 0 Å². The van der Waals surface area contributed by atoms with Crippen LogP contribution in [0.1, 0.15) is 23.6 Å². The maximum atomic E-state index is 11.8. The maximum absolute atomic E-state index is 11.8. The quantitative estimate of drug-likeness (QED) is 0.446. The number of amides is 2. The predicted molar refractivity (Wildman–Crippen MR) is 119 cm³/mol. The topological polar surface area (TPSA) is 73.9 Å². The molecule has 0 aromatic heterocycles. The number of halogens is 1. The number of aryl methyl sites for hydroxylation is 2. The van der Waals surface area contributed by atoms with Gasteiger partial charge in [0.2, 0.25) is 0 Å². The van der Waals surface area contributed by atoms with E-state index in [9.17, 15) is 9.59 Å². The van der Waals surface area contributed by atoms with Gasteiger partial charge in [0.15, 0.2) is 11.5 Å². The predicted octanol–water partition coefficient (Wildman–Crippen LogP) is 5.14. The largest absolute Gasteiger partial charge is 0.490 e. The fourth-order valence-corrected chi connectivity index (χ4v) is 3.92. The first kappa shape index (κ1) is 22.1. The number of ether oxygens (including phenoxy) is 3. The Hall–Kier alpha value is -2.64. The highest BCUT2D eigenvalue weighted by molar-refractivity contribution is 8.18. The molecule has 3 rings (SSSR count). The highest BCUT2D eigenvalue weighted by Gasteiger charge is 2.25. The Bertz CT molecular complexity index is 985. The van der Waals surface area contributed by atoms with Gasteiger partial charge in [-0.2, -0.15) is 0 Å². The summed E-state index contributed by atoms with van der Waals surface area (Å²) in [6.07, 6.45) is 1.59. The Morgan fingerprint density at radius 1 is 1.00 bits per heavy atom. The zero-order valence-corrected chi connectivity index (χ0v) is 18.5. The zero-order chi connectivity index (χ0) is 21.7. The molecule has 0 radical (unpaired) electrons. The van der Waals surface area contributed by atoms with E-state index < -0.39 is 11.1 Å². The number of hydrogen-bond acceptors (Lipinski definition) is 6. The normalized spacial score (nSPS) is 14.7. The number of carbonyl (C=O) groups is 2. The van der Waals surface area contributed by atoms with Crippen molar-refractivity contribution in [2.75, 3.05) is 19.8 Å². The lowest BCUT2D eigenvalue weighted by molar-refractivity contribution is -0.115. The molecule has 1 fully saturated rings. The van der Waals surface area contributed by atoms with Crippen molar-refractivity contribution in [3.8, 4) is 17.2 Å². The summed E-state index contributed by atoms with van der Waals surface area (Å²) in [6.45, 7) is 6.93. The van der Waals surface area contributed by atoms with Gasteiger partial charge in [-0.3, -0.25) is 14.9 Å². The van der Waals surface area contributed by atoms with Crippen molar-refractivity contribution in [1.29, 1.82) is 0 Å². The molecule has 1 heterocycles. The van der Waals surface area contributed by atoms with E-state index >= 15 is 0 Å². The van der Waals surface area contributed by atoms with Crippen molar-refractivity contribution in [3.63, 3.8) is 0 Å². The zero-order valence-electron chi connectivity index (χ0n) is 16.9. The minimum absolute atomic E-state index is 0.278. The molecular weight excluding hydrogens is 426 g/mol. The third-order valence-electron chi connectivity index (χ3n) is 4.07. The summed E-state index contributed by atoms with van der Waals surface area (Å²) in [7, 11) is 0. The third-order valence-corrected chi connectivity index (χ3v) is 5.16. The Kier molecular flexibility index (Phi) is 7.29. The lowest BCUT2D eigenvalue weighted by Crippen LogP contribution is -2.17. The minimum Gasteiger partial charge on any atom is -0.490 e. The SMILES string of the molecule is CCOc1cc(/C=C2\SC(=O)NC2=O)cc(Cl)c1OCCOc1cc(C)cc(C)c1. The average Bonchev–Trinajstić information content (AvgIpc) is 2.97. The Morgan fingerprint density at radius 3 is 2.33 bits per heavy atom. The van der Waals surface area contributed by atoms with Gasteiger partial charge in [0.05, 0.1) is 16.5 Å². The Morgan fingerprint density at radius 2 is 1.70 bits per heavy atom. The van der Waals surface area contributed by atoms with E-state index in [0.29, 0.717) is 40.2 Å². The van der Waals surface area contributed by atoms with Crippen LogP contribution in [-0.4, -0.2) is 31.0 Å². The average molecular weight is 448 g/mol. The van der Waals surface area contributed by atoms with Crippen LogP contribution in [0.3, 0.4) is 0 Å². The molecule has 1 saturated heterocycles. The molecule has 1 aliphatic rings. The molecule has 2 amide bonds. The maximum Gasteiger partial charge on any atom is 0.290 e. The van der Waals surface area contributed by atoms with Crippen molar-refractivity contribution >= 4 is 40.6 Å². The number of imide groups is 1. The van der Waals surface area contributed by atoms with Crippen LogP contribution in [0.5, 0.6) is 17.2 Å².